The number of nitrogens with zero attached hydrogens (tertiary/aromatic N) is 5. The number of ether oxygens (including phenoxy) is 1. The van der Waals surface area contributed by atoms with Crippen LogP contribution in [0, 0.1) is 18.7 Å². The van der Waals surface area contributed by atoms with Gasteiger partial charge in [0.25, 0.3) is 5.91 Å². The highest BCUT2D eigenvalue weighted by Gasteiger charge is 2.31. The Hall–Kier alpha value is -3.92. The lowest BCUT2D eigenvalue weighted by atomic mass is 9.88. The zero-order valence-electron chi connectivity index (χ0n) is 25.8. The average Bonchev–Trinajstić information content (AvgIpc) is 3.69. The van der Waals surface area contributed by atoms with Crippen molar-refractivity contribution in [2.24, 2.45) is 11.7 Å². The summed E-state index contributed by atoms with van der Waals surface area (Å²) in [6, 6.07) is 7.19. The lowest BCUT2D eigenvalue weighted by Crippen LogP contribution is -2.45. The number of halogens is 1. The molecule has 2 N–H and O–H groups in total. The number of carbonyl (C=O) groups excluding carboxylic acids is 2. The maximum Gasteiger partial charge on any atom is 0.255 e. The summed E-state index contributed by atoms with van der Waals surface area (Å²) in [5.74, 6) is 1.10. The van der Waals surface area contributed by atoms with Gasteiger partial charge >= 0.3 is 0 Å². The van der Waals surface area contributed by atoms with Crippen molar-refractivity contribution in [2.75, 3.05) is 33.3 Å². The number of fused-ring (bicyclic) bond motifs is 2. The molecule has 3 fully saturated rings. The number of aromatic nitrogens is 3. The molecule has 232 valence electrons. The average molecular weight is 601 g/mol. The van der Waals surface area contributed by atoms with Crippen LogP contribution in [-0.4, -0.2) is 75.1 Å². The van der Waals surface area contributed by atoms with Gasteiger partial charge in [0.05, 0.1) is 23.9 Å². The second kappa shape index (κ2) is 11.2. The van der Waals surface area contributed by atoms with Crippen LogP contribution in [0.1, 0.15) is 72.9 Å². The van der Waals surface area contributed by atoms with Crippen LogP contribution in [0.2, 0.25) is 0 Å². The summed E-state index contributed by atoms with van der Waals surface area (Å²) in [6.07, 6.45) is 7.58. The molecule has 7 rings (SSSR count). The predicted octanol–water partition coefficient (Wildman–Crippen LogP) is 5.11. The highest BCUT2D eigenvalue weighted by atomic mass is 19.1. The van der Waals surface area contributed by atoms with Crippen molar-refractivity contribution in [2.45, 2.75) is 70.9 Å². The molecule has 3 aliphatic rings. The summed E-state index contributed by atoms with van der Waals surface area (Å²) in [5.41, 5.74) is 12.2. The van der Waals surface area contributed by atoms with Crippen LogP contribution in [0.15, 0.2) is 30.5 Å². The fourth-order valence-electron chi connectivity index (χ4n) is 7.35. The Bertz CT molecular complexity index is 1760. The zero-order chi connectivity index (χ0) is 30.7. The van der Waals surface area contributed by atoms with Gasteiger partial charge in [-0.3, -0.25) is 9.59 Å². The van der Waals surface area contributed by atoms with Gasteiger partial charge in [-0.05, 0) is 87.1 Å². The Kier molecular flexibility index (Phi) is 7.35. The number of likely N-dealkylation sites (tertiary alicyclic amines) is 2. The lowest BCUT2D eigenvalue weighted by molar-refractivity contribution is -0.129. The second-order valence-corrected chi connectivity index (χ2v) is 13.0. The fourth-order valence-corrected chi connectivity index (χ4v) is 7.35. The Labute approximate surface area is 256 Å². The van der Waals surface area contributed by atoms with Crippen molar-refractivity contribution in [1.82, 2.24) is 24.0 Å². The van der Waals surface area contributed by atoms with Gasteiger partial charge in [0.1, 0.15) is 22.8 Å². The van der Waals surface area contributed by atoms with E-state index in [1.807, 2.05) is 16.7 Å². The topological polar surface area (TPSA) is 98.1 Å². The molecule has 5 heterocycles. The minimum absolute atomic E-state index is 0.0123. The Morgan fingerprint density at radius 3 is 2.48 bits per heavy atom. The van der Waals surface area contributed by atoms with Crippen molar-refractivity contribution >= 4 is 28.2 Å². The van der Waals surface area contributed by atoms with E-state index in [1.165, 1.54) is 12.8 Å². The van der Waals surface area contributed by atoms with E-state index in [1.54, 1.807) is 42.9 Å². The zero-order valence-corrected chi connectivity index (χ0v) is 25.8. The number of rotatable bonds is 6. The summed E-state index contributed by atoms with van der Waals surface area (Å²) in [7, 11) is 1.61. The largest absolute Gasteiger partial charge is 0.494 e. The van der Waals surface area contributed by atoms with Crippen LogP contribution in [0.4, 0.5) is 4.39 Å². The van der Waals surface area contributed by atoms with Gasteiger partial charge in [0, 0.05) is 62.8 Å². The molecule has 3 aromatic heterocycles. The van der Waals surface area contributed by atoms with Gasteiger partial charge in [0.2, 0.25) is 5.91 Å². The second-order valence-electron chi connectivity index (χ2n) is 13.0. The van der Waals surface area contributed by atoms with E-state index in [2.05, 4.69) is 10.6 Å². The summed E-state index contributed by atoms with van der Waals surface area (Å²) in [5, 5.41) is 5.92. The van der Waals surface area contributed by atoms with E-state index in [0.717, 1.165) is 71.2 Å². The minimum atomic E-state index is -0.245. The molecular weight excluding hydrogens is 559 g/mol. The summed E-state index contributed by atoms with van der Waals surface area (Å²) < 4.78 is 25.1. The number of carbonyl (C=O) groups is 2. The molecule has 44 heavy (non-hydrogen) atoms. The van der Waals surface area contributed by atoms with Crippen molar-refractivity contribution in [3.8, 4) is 17.1 Å². The molecule has 1 aliphatic carbocycles. The lowest BCUT2D eigenvalue weighted by Gasteiger charge is -2.32. The molecule has 0 spiro atoms. The van der Waals surface area contributed by atoms with Gasteiger partial charge in [-0.2, -0.15) is 5.10 Å². The number of pyridine rings is 1. The standard InChI is InChI=1S/C34H41FN6O3/c1-20-31(37-41-18-25(15-30(44-3)32(20)41)34(43)39-10-4-5-27(36)19-39)29-14-24-13-26(35)16-28(33(24)40(29)17-22-6-7-22)23-8-11-38(12-9-23)21(2)42/h13-16,18,22-23,27H,4-12,17,19,36H2,1-3H3/t27-/m1/s1. The number of hydrogen-bond donors (Lipinski definition) is 1. The molecule has 0 radical (unpaired) electrons. The number of methoxy groups -OCH3 is 1. The molecular formula is C34H41FN6O3. The first-order chi connectivity index (χ1) is 21.2. The van der Waals surface area contributed by atoms with E-state index in [0.29, 0.717) is 43.4 Å². The maximum atomic E-state index is 15.2. The van der Waals surface area contributed by atoms with Crippen LogP contribution in [0.3, 0.4) is 0 Å². The van der Waals surface area contributed by atoms with Crippen LogP contribution < -0.4 is 10.5 Å². The molecule has 1 aromatic carbocycles. The van der Waals surface area contributed by atoms with Gasteiger partial charge < -0.3 is 24.8 Å². The molecule has 4 aromatic rings. The molecule has 1 atom stereocenters. The summed E-state index contributed by atoms with van der Waals surface area (Å²) in [4.78, 5) is 29.2. The SMILES string of the molecule is COc1cc(C(=O)N2CCC[C@@H](N)C2)cn2nc(-c3cc4cc(F)cc(C5CCN(C(C)=O)CC5)c4n3CC3CC3)c(C)c12. The van der Waals surface area contributed by atoms with Gasteiger partial charge in [-0.25, -0.2) is 8.91 Å². The van der Waals surface area contributed by atoms with Crippen molar-refractivity contribution in [3.63, 3.8) is 0 Å². The Morgan fingerprint density at radius 2 is 1.80 bits per heavy atom. The van der Waals surface area contributed by atoms with E-state index >= 15 is 4.39 Å². The highest BCUT2D eigenvalue weighted by molar-refractivity contribution is 5.96. The highest BCUT2D eigenvalue weighted by Crippen LogP contribution is 2.42. The first-order valence-corrected chi connectivity index (χ1v) is 15.9. The molecule has 1 saturated carbocycles. The third kappa shape index (κ3) is 5.12. The van der Waals surface area contributed by atoms with Crippen LogP contribution in [0.5, 0.6) is 5.75 Å². The van der Waals surface area contributed by atoms with Crippen molar-refractivity contribution < 1.29 is 18.7 Å². The van der Waals surface area contributed by atoms with Crippen molar-refractivity contribution in [1.29, 1.82) is 0 Å². The monoisotopic (exact) mass is 600 g/mol. The molecule has 2 aliphatic heterocycles. The molecule has 9 nitrogen and oxygen atoms in total. The predicted molar refractivity (Wildman–Crippen MR) is 167 cm³/mol. The van der Waals surface area contributed by atoms with E-state index < -0.39 is 0 Å². The van der Waals surface area contributed by atoms with Gasteiger partial charge in [-0.1, -0.05) is 0 Å². The van der Waals surface area contributed by atoms with E-state index in [-0.39, 0.29) is 29.6 Å². The van der Waals surface area contributed by atoms with Crippen LogP contribution >= 0.6 is 0 Å². The Balaban J connectivity index is 1.34. The van der Waals surface area contributed by atoms with E-state index in [4.69, 9.17) is 15.6 Å². The summed E-state index contributed by atoms with van der Waals surface area (Å²) >= 11 is 0. The maximum absolute atomic E-state index is 15.2. The molecule has 0 unspecified atom stereocenters. The summed E-state index contributed by atoms with van der Waals surface area (Å²) in [6.45, 7) is 7.08. The number of aryl methyl sites for hydroxylation is 1. The molecule has 0 bridgehead atoms. The number of amides is 2. The molecule has 2 saturated heterocycles. The quantitative estimate of drug-likeness (QED) is 0.332. The van der Waals surface area contributed by atoms with Gasteiger partial charge in [0.15, 0.2) is 0 Å². The van der Waals surface area contributed by atoms with Crippen LogP contribution in [-0.2, 0) is 11.3 Å². The van der Waals surface area contributed by atoms with Crippen molar-refractivity contribution in [3.05, 3.63) is 53.0 Å². The normalized spacial score (nSPS) is 19.7. The van der Waals surface area contributed by atoms with E-state index in [9.17, 15) is 9.59 Å². The number of piperidine rings is 2. The number of benzene rings is 1. The number of hydrogen-bond acceptors (Lipinski definition) is 5. The first-order valence-electron chi connectivity index (χ1n) is 15.9. The first kappa shape index (κ1) is 28.8. The van der Waals surface area contributed by atoms with Crippen LogP contribution in [0.25, 0.3) is 27.8 Å². The minimum Gasteiger partial charge on any atom is -0.494 e. The fraction of sp³-hybridized carbons (Fsp3) is 0.500. The molecule has 2 amide bonds. The smallest absolute Gasteiger partial charge is 0.255 e. The Morgan fingerprint density at radius 1 is 1.02 bits per heavy atom. The third-order valence-electron chi connectivity index (χ3n) is 9.89. The van der Waals surface area contributed by atoms with Gasteiger partial charge in [-0.15, -0.1) is 0 Å². The molecule has 10 heteroatoms. The third-order valence-corrected chi connectivity index (χ3v) is 9.89. The number of nitrogens with two attached hydrogens (primary N) is 1.